The molecule has 0 spiro atoms. The molecule has 29 heavy (non-hydrogen) atoms. The number of alkyl halides is 14. The van der Waals surface area contributed by atoms with Crippen molar-refractivity contribution in [1.82, 2.24) is 0 Å². The van der Waals surface area contributed by atoms with Gasteiger partial charge in [-0.05, 0) is 22.6 Å². The largest absolute Gasteiger partial charge is 0.226 e. The van der Waals surface area contributed by atoms with Gasteiger partial charge in [0.2, 0.25) is 16.3 Å². The lowest BCUT2D eigenvalue weighted by molar-refractivity contribution is 0.653. The summed E-state index contributed by atoms with van der Waals surface area (Å²) in [6, 6.07) is 4.48. The van der Waals surface area contributed by atoms with Gasteiger partial charge in [-0.25, -0.2) is 0 Å². The molecule has 0 heterocycles. The Bertz CT molecular complexity index is 682. The molecule has 1 rings (SSSR count). The van der Waals surface area contributed by atoms with Crippen LogP contribution in [0.5, 0.6) is 0 Å². The minimum atomic E-state index is -2.31. The Morgan fingerprint density at radius 1 is 0.552 bits per heavy atom. The average molecular weight is 687 g/mol. The Balaban J connectivity index is 3.93. The molecule has 0 aliphatic rings. The van der Waals surface area contributed by atoms with Gasteiger partial charge in [0.1, 0.15) is 0 Å². The summed E-state index contributed by atoms with van der Waals surface area (Å²) in [6.07, 6.45) is 0. The highest BCUT2D eigenvalue weighted by molar-refractivity contribution is 6.79. The molecular formula is C15H10Cl14. The molecule has 0 atom stereocenters. The maximum atomic E-state index is 6.53. The number of hydrogen-bond donors (Lipinski definition) is 0. The van der Waals surface area contributed by atoms with E-state index in [4.69, 9.17) is 162 Å². The van der Waals surface area contributed by atoms with Gasteiger partial charge in [-0.1, -0.05) is 194 Å². The fourth-order valence-electron chi connectivity index (χ4n) is 2.43. The van der Waals surface area contributed by atoms with Crippen LogP contribution in [0.4, 0.5) is 0 Å². The summed E-state index contributed by atoms with van der Waals surface area (Å²) < 4.78 is -13.5. The first kappa shape index (κ1) is 30.3. The van der Waals surface area contributed by atoms with E-state index in [0.29, 0.717) is 5.56 Å². The van der Waals surface area contributed by atoms with Crippen molar-refractivity contribution < 1.29 is 0 Å². The maximum Gasteiger partial charge on any atom is 0.226 e. The van der Waals surface area contributed by atoms with E-state index in [0.717, 1.165) is 0 Å². The topological polar surface area (TPSA) is 0 Å². The minimum Gasteiger partial charge on any atom is -0.0930 e. The second-order valence-electron chi connectivity index (χ2n) is 6.21. The molecule has 0 aliphatic heterocycles. The van der Waals surface area contributed by atoms with Crippen LogP contribution < -0.4 is 0 Å². The van der Waals surface area contributed by atoms with Crippen LogP contribution in [0, 0.1) is 0 Å². The van der Waals surface area contributed by atoms with Gasteiger partial charge in [0.05, 0.1) is 0 Å². The van der Waals surface area contributed by atoms with Gasteiger partial charge >= 0.3 is 0 Å². The van der Waals surface area contributed by atoms with Crippen LogP contribution in [0.25, 0.3) is 0 Å². The fourth-order valence-corrected chi connectivity index (χ4v) is 5.49. The van der Waals surface area contributed by atoms with Crippen LogP contribution >= 0.6 is 162 Å². The fraction of sp³-hybridized carbons (Fsp3) is 0.600. The highest BCUT2D eigenvalue weighted by Gasteiger charge is 2.64. The van der Waals surface area contributed by atoms with Gasteiger partial charge in [-0.15, -0.1) is 0 Å². The van der Waals surface area contributed by atoms with E-state index in [1.807, 2.05) is 0 Å². The van der Waals surface area contributed by atoms with Gasteiger partial charge in [0.25, 0.3) is 0 Å². The molecule has 0 saturated carbocycles. The third-order valence-electron chi connectivity index (χ3n) is 3.86. The Labute approximate surface area is 239 Å². The molecule has 0 unspecified atom stereocenters. The zero-order chi connectivity index (χ0) is 23.4. The second kappa shape index (κ2) is 9.73. The third kappa shape index (κ3) is 5.59. The summed E-state index contributed by atoms with van der Waals surface area (Å²) in [5.41, 5.74) is 0.606. The molecule has 14 heteroatoms. The predicted molar refractivity (Wildman–Crippen MR) is 137 cm³/mol. The van der Waals surface area contributed by atoms with Crippen LogP contribution in [-0.2, 0) is 8.67 Å². The van der Waals surface area contributed by atoms with E-state index in [2.05, 4.69) is 0 Å². The van der Waals surface area contributed by atoms with Crippen molar-refractivity contribution in [2.45, 2.75) is 44.7 Å². The highest BCUT2D eigenvalue weighted by atomic mass is 35.6. The van der Waals surface area contributed by atoms with Crippen LogP contribution in [0.1, 0.15) is 36.5 Å². The predicted octanol–water partition coefficient (Wildman–Crippen LogP) is 11.2. The van der Waals surface area contributed by atoms with Crippen molar-refractivity contribution in [3.63, 3.8) is 0 Å². The minimum absolute atomic E-state index is 0.129. The van der Waals surface area contributed by atoms with Crippen molar-refractivity contribution in [3.05, 3.63) is 34.9 Å². The molecule has 1 aromatic rings. The Kier molecular flexibility index (Phi) is 10.2. The van der Waals surface area contributed by atoms with Gasteiger partial charge in [-0.2, -0.15) is 0 Å². The number of benzene rings is 1. The summed E-state index contributed by atoms with van der Waals surface area (Å²) in [5.74, 6) is -0.339. The zero-order valence-corrected chi connectivity index (χ0v) is 24.7. The lowest BCUT2D eigenvalue weighted by Gasteiger charge is -2.42. The molecule has 0 fully saturated rings. The highest BCUT2D eigenvalue weighted by Crippen LogP contribution is 2.64. The summed E-state index contributed by atoms with van der Waals surface area (Å²) in [7, 11) is 0. The molecule has 0 N–H and O–H groups in total. The molecule has 0 amide bonds. The van der Waals surface area contributed by atoms with E-state index in [9.17, 15) is 0 Å². The number of hydrogen-bond acceptors (Lipinski definition) is 0. The number of halogens is 14. The normalized spacial score (nSPS) is 15.2. The van der Waals surface area contributed by atoms with E-state index in [1.54, 1.807) is 13.8 Å². The average Bonchev–Trinajstić information content (AvgIpc) is 2.51. The third-order valence-corrected chi connectivity index (χ3v) is 11.7. The van der Waals surface area contributed by atoms with Gasteiger partial charge in [-0.3, -0.25) is 0 Å². The van der Waals surface area contributed by atoms with Gasteiger partial charge < -0.3 is 0 Å². The monoisotopic (exact) mass is 680 g/mol. The second-order valence-corrected chi connectivity index (χ2v) is 16.1. The molecular weight excluding hydrogens is 677 g/mol. The molecule has 0 bridgehead atoms. The molecule has 0 radical (unpaired) electrons. The van der Waals surface area contributed by atoms with Crippen LogP contribution in [-0.4, -0.2) is 16.3 Å². The molecule has 0 nitrogen and oxygen atoms in total. The molecule has 0 saturated heterocycles. The SMILES string of the molecule is CC(C)c1c(C(Cl)(Cl)C(Cl)(Cl)C(Cl)(Cl)Cl)cccc1C(Cl)(Cl)C(Cl)(Cl)C(Cl)(Cl)Cl. The van der Waals surface area contributed by atoms with Gasteiger partial charge in [0, 0.05) is 0 Å². The lowest BCUT2D eigenvalue weighted by atomic mass is 9.87. The summed E-state index contributed by atoms with van der Waals surface area (Å²) >= 11 is 86.6. The Morgan fingerprint density at radius 2 is 0.828 bits per heavy atom. The maximum absolute atomic E-state index is 6.53. The lowest BCUT2D eigenvalue weighted by Crippen LogP contribution is -2.47. The van der Waals surface area contributed by atoms with Crippen molar-refractivity contribution in [1.29, 1.82) is 0 Å². The molecule has 168 valence electrons. The Hall–Kier alpha value is 3.28. The Morgan fingerprint density at radius 3 is 1.03 bits per heavy atom. The molecule has 0 aliphatic carbocycles. The zero-order valence-electron chi connectivity index (χ0n) is 14.1. The number of rotatable bonds is 5. The van der Waals surface area contributed by atoms with Crippen LogP contribution in [0.3, 0.4) is 0 Å². The van der Waals surface area contributed by atoms with E-state index >= 15 is 0 Å². The van der Waals surface area contributed by atoms with Crippen LogP contribution in [0.15, 0.2) is 18.2 Å². The smallest absolute Gasteiger partial charge is 0.0930 e. The summed E-state index contributed by atoms with van der Waals surface area (Å²) in [6.45, 7) is 3.55. The van der Waals surface area contributed by atoms with Crippen LogP contribution in [0.2, 0.25) is 0 Å². The van der Waals surface area contributed by atoms with Crippen molar-refractivity contribution in [2.75, 3.05) is 0 Å². The molecule has 0 aromatic heterocycles. The van der Waals surface area contributed by atoms with Gasteiger partial charge in [0.15, 0.2) is 8.67 Å². The van der Waals surface area contributed by atoms with E-state index in [1.165, 1.54) is 18.2 Å². The quantitative estimate of drug-likeness (QED) is 0.271. The first-order valence-electron chi connectivity index (χ1n) is 7.33. The van der Waals surface area contributed by atoms with Crippen molar-refractivity contribution in [2.24, 2.45) is 0 Å². The van der Waals surface area contributed by atoms with E-state index < -0.39 is 24.9 Å². The summed E-state index contributed by atoms with van der Waals surface area (Å²) in [4.78, 5) is 0. The van der Waals surface area contributed by atoms with E-state index in [-0.39, 0.29) is 17.0 Å². The van der Waals surface area contributed by atoms with Crippen molar-refractivity contribution in [3.8, 4) is 0 Å². The first-order valence-corrected chi connectivity index (χ1v) is 12.6. The summed E-state index contributed by atoms with van der Waals surface area (Å²) in [5, 5.41) is 0. The molecule has 1 aromatic carbocycles. The first-order chi connectivity index (χ1) is 12.5. The standard InChI is InChI=1S/C15H10Cl14/c1-6(2)9-7(10(16,17)12(20,21)14(24,25)26)4-3-5-8(9)11(18,19)13(22,23)15(27,28)29/h3-6H,1-2H3. The van der Waals surface area contributed by atoms with Crippen molar-refractivity contribution >= 4 is 162 Å².